The molecule has 0 saturated carbocycles. The Morgan fingerprint density at radius 2 is 1.93 bits per heavy atom. The van der Waals surface area contributed by atoms with Crippen LogP contribution in [0.15, 0.2) is 23.2 Å². The Morgan fingerprint density at radius 3 is 2.55 bits per heavy atom. The van der Waals surface area contributed by atoms with Crippen LogP contribution >= 0.6 is 0 Å². The van der Waals surface area contributed by atoms with E-state index in [1.54, 1.807) is 12.1 Å². The number of unbranched alkanes of at least 4 members (excludes halogenated alkanes) is 1. The van der Waals surface area contributed by atoms with Crippen LogP contribution in [-0.2, 0) is 6.54 Å². The number of hydrogen-bond donors (Lipinski definition) is 2. The first kappa shape index (κ1) is 25.1. The zero-order chi connectivity index (χ0) is 21.9. The molecule has 2 N–H and O–H groups in total. The number of nitrogens with zero attached hydrogens (tertiary/aromatic N) is 2. The van der Waals surface area contributed by atoms with E-state index in [2.05, 4.69) is 41.4 Å². The molecule has 0 spiro atoms. The van der Waals surface area contributed by atoms with Gasteiger partial charge >= 0.3 is 6.18 Å². The quantitative estimate of drug-likeness (QED) is 0.324. The lowest BCUT2D eigenvalue weighted by Gasteiger charge is -2.20. The normalized spacial score (nSPS) is 12.6. The van der Waals surface area contributed by atoms with Crippen LogP contribution in [0.5, 0.6) is 5.75 Å². The molecule has 1 aromatic rings. The maximum atomic E-state index is 12.5. The smallest absolute Gasteiger partial charge is 0.422 e. The molecule has 0 bridgehead atoms. The summed E-state index contributed by atoms with van der Waals surface area (Å²) in [6.45, 7) is 9.58. The molecule has 29 heavy (non-hydrogen) atoms. The van der Waals surface area contributed by atoms with E-state index in [1.165, 1.54) is 0 Å². The third kappa shape index (κ3) is 11.0. The van der Waals surface area contributed by atoms with Crippen LogP contribution in [0.4, 0.5) is 13.2 Å². The SMILES string of the molecule is CCNC(=NCc1ccc(C)cc1OCC(F)(F)F)NCCCCN(C)C(C)C. The van der Waals surface area contributed by atoms with E-state index in [0.29, 0.717) is 24.1 Å². The highest BCUT2D eigenvalue weighted by Crippen LogP contribution is 2.24. The standard InChI is InChI=1S/C21H35F3N4O/c1-6-25-20(26-11-7-8-12-28(5)16(2)3)27-14-18-10-9-17(4)13-19(18)29-15-21(22,23)24/h9-10,13,16H,6-8,11-12,14-15H2,1-5H3,(H2,25,26,27). The van der Waals surface area contributed by atoms with Gasteiger partial charge in [-0.1, -0.05) is 12.1 Å². The molecule has 0 atom stereocenters. The highest BCUT2D eigenvalue weighted by molar-refractivity contribution is 5.79. The van der Waals surface area contributed by atoms with Crippen LogP contribution in [0.2, 0.25) is 0 Å². The maximum Gasteiger partial charge on any atom is 0.422 e. The fourth-order valence-electron chi connectivity index (χ4n) is 2.54. The summed E-state index contributed by atoms with van der Waals surface area (Å²) < 4.78 is 42.5. The Morgan fingerprint density at radius 1 is 1.21 bits per heavy atom. The molecule has 5 nitrogen and oxygen atoms in total. The molecule has 1 rings (SSSR count). The molecule has 0 radical (unpaired) electrons. The number of nitrogens with one attached hydrogen (secondary N) is 2. The summed E-state index contributed by atoms with van der Waals surface area (Å²) in [5.74, 6) is 0.866. The number of hydrogen-bond acceptors (Lipinski definition) is 3. The largest absolute Gasteiger partial charge is 0.484 e. The van der Waals surface area contributed by atoms with Crippen LogP contribution in [0.25, 0.3) is 0 Å². The van der Waals surface area contributed by atoms with Crippen molar-refractivity contribution in [1.29, 1.82) is 0 Å². The fraction of sp³-hybridized carbons (Fsp3) is 0.667. The number of rotatable bonds is 11. The average Bonchev–Trinajstić information content (AvgIpc) is 2.64. The first-order valence-electron chi connectivity index (χ1n) is 10.1. The zero-order valence-corrected chi connectivity index (χ0v) is 18.2. The van der Waals surface area contributed by atoms with Crippen molar-refractivity contribution in [2.45, 2.75) is 59.3 Å². The number of aliphatic imine (C=N–C) groups is 1. The summed E-state index contributed by atoms with van der Waals surface area (Å²) in [5, 5.41) is 6.45. The van der Waals surface area contributed by atoms with Gasteiger partial charge in [0, 0.05) is 24.7 Å². The fourth-order valence-corrected chi connectivity index (χ4v) is 2.54. The minimum atomic E-state index is -4.37. The number of ether oxygens (including phenoxy) is 1. The van der Waals surface area contributed by atoms with E-state index < -0.39 is 12.8 Å². The average molecular weight is 417 g/mol. The van der Waals surface area contributed by atoms with E-state index in [0.717, 1.165) is 31.5 Å². The molecule has 8 heteroatoms. The number of guanidine groups is 1. The molecule has 0 saturated heterocycles. The minimum absolute atomic E-state index is 0.221. The molecule has 1 aromatic carbocycles. The third-order valence-electron chi connectivity index (χ3n) is 4.48. The van der Waals surface area contributed by atoms with Crippen LogP contribution < -0.4 is 15.4 Å². The molecular formula is C21H35F3N4O. The number of alkyl halides is 3. The highest BCUT2D eigenvalue weighted by atomic mass is 19.4. The zero-order valence-electron chi connectivity index (χ0n) is 18.2. The van der Waals surface area contributed by atoms with Gasteiger partial charge in [0.05, 0.1) is 6.54 Å². The molecule has 0 amide bonds. The summed E-state index contributed by atoms with van der Waals surface area (Å²) in [5.41, 5.74) is 1.46. The van der Waals surface area contributed by atoms with Crippen molar-refractivity contribution in [1.82, 2.24) is 15.5 Å². The van der Waals surface area contributed by atoms with Gasteiger partial charge in [-0.3, -0.25) is 0 Å². The number of benzene rings is 1. The lowest BCUT2D eigenvalue weighted by atomic mass is 10.1. The van der Waals surface area contributed by atoms with Gasteiger partial charge in [-0.2, -0.15) is 13.2 Å². The van der Waals surface area contributed by atoms with Crippen molar-refractivity contribution in [3.05, 3.63) is 29.3 Å². The van der Waals surface area contributed by atoms with Crippen LogP contribution in [-0.4, -0.2) is 56.4 Å². The summed E-state index contributed by atoms with van der Waals surface area (Å²) in [4.78, 5) is 6.81. The second-order valence-electron chi connectivity index (χ2n) is 7.42. The van der Waals surface area contributed by atoms with Crippen LogP contribution in [0.3, 0.4) is 0 Å². The van der Waals surface area contributed by atoms with Gasteiger partial charge in [0.2, 0.25) is 0 Å². The van der Waals surface area contributed by atoms with Gasteiger partial charge in [-0.15, -0.1) is 0 Å². The Kier molecular flexibility index (Phi) is 10.9. The van der Waals surface area contributed by atoms with Gasteiger partial charge in [0.25, 0.3) is 0 Å². The molecule has 0 heterocycles. The lowest BCUT2D eigenvalue weighted by molar-refractivity contribution is -0.153. The molecule has 0 aliphatic heterocycles. The van der Waals surface area contributed by atoms with E-state index >= 15 is 0 Å². The second kappa shape index (κ2) is 12.6. The summed E-state index contributed by atoms with van der Waals surface area (Å²) in [7, 11) is 2.11. The molecule has 0 aliphatic rings. The van der Waals surface area contributed by atoms with Gasteiger partial charge in [0.1, 0.15) is 5.75 Å². The molecule has 166 valence electrons. The molecular weight excluding hydrogens is 381 g/mol. The second-order valence-corrected chi connectivity index (χ2v) is 7.42. The van der Waals surface area contributed by atoms with Crippen molar-refractivity contribution in [3.8, 4) is 5.75 Å². The van der Waals surface area contributed by atoms with Gasteiger partial charge in [-0.05, 0) is 65.8 Å². The first-order chi connectivity index (χ1) is 13.6. The maximum absolute atomic E-state index is 12.5. The topological polar surface area (TPSA) is 48.9 Å². The summed E-state index contributed by atoms with van der Waals surface area (Å²) in [6.07, 6.45) is -2.29. The number of halogens is 3. The van der Waals surface area contributed by atoms with Crippen molar-refractivity contribution in [3.63, 3.8) is 0 Å². The Hall–Kier alpha value is -1.96. The summed E-state index contributed by atoms with van der Waals surface area (Å²) in [6, 6.07) is 5.75. The Balaban J connectivity index is 2.63. The van der Waals surface area contributed by atoms with Crippen LogP contribution in [0, 0.1) is 6.92 Å². The third-order valence-corrected chi connectivity index (χ3v) is 4.48. The monoisotopic (exact) mass is 416 g/mol. The number of aryl methyl sites for hydroxylation is 1. The van der Waals surface area contributed by atoms with Gasteiger partial charge in [0.15, 0.2) is 12.6 Å². The first-order valence-corrected chi connectivity index (χ1v) is 10.1. The molecule has 0 fully saturated rings. The molecule has 0 aromatic heterocycles. The van der Waals surface area contributed by atoms with Crippen molar-refractivity contribution >= 4 is 5.96 Å². The van der Waals surface area contributed by atoms with Gasteiger partial charge < -0.3 is 20.3 Å². The van der Waals surface area contributed by atoms with E-state index in [4.69, 9.17) is 4.74 Å². The Bertz CT molecular complexity index is 633. The van der Waals surface area contributed by atoms with Gasteiger partial charge in [-0.25, -0.2) is 4.99 Å². The Labute approximate surface area is 172 Å². The van der Waals surface area contributed by atoms with Crippen molar-refractivity contribution < 1.29 is 17.9 Å². The van der Waals surface area contributed by atoms with E-state index in [9.17, 15) is 13.2 Å². The van der Waals surface area contributed by atoms with E-state index in [-0.39, 0.29) is 12.3 Å². The van der Waals surface area contributed by atoms with Crippen molar-refractivity contribution in [2.24, 2.45) is 4.99 Å². The van der Waals surface area contributed by atoms with Crippen LogP contribution in [0.1, 0.15) is 44.7 Å². The highest BCUT2D eigenvalue weighted by Gasteiger charge is 2.28. The summed E-state index contributed by atoms with van der Waals surface area (Å²) >= 11 is 0. The van der Waals surface area contributed by atoms with Crippen molar-refractivity contribution in [2.75, 3.05) is 33.3 Å². The predicted octanol–water partition coefficient (Wildman–Crippen LogP) is 4.11. The minimum Gasteiger partial charge on any atom is -0.484 e. The molecule has 0 aliphatic carbocycles. The predicted molar refractivity (Wildman–Crippen MR) is 113 cm³/mol. The molecule has 0 unspecified atom stereocenters. The lowest BCUT2D eigenvalue weighted by Crippen LogP contribution is -2.38. The van der Waals surface area contributed by atoms with E-state index in [1.807, 2.05) is 19.9 Å².